The molecule has 3 heteroatoms. The number of ether oxygens (including phenoxy) is 1. The van der Waals surface area contributed by atoms with Gasteiger partial charge in [0.25, 0.3) is 0 Å². The molecule has 0 aliphatic heterocycles. The molecule has 5 aromatic rings. The number of rotatable bonds is 5. The Morgan fingerprint density at radius 3 is 1.67 bits per heavy atom. The molecular weight excluding hydrogens is 472 g/mol. The van der Waals surface area contributed by atoms with Crippen molar-refractivity contribution in [1.29, 1.82) is 0 Å². The smallest absolute Gasteiger partial charge is 0.314 e. The SMILES string of the molecule is C[C@@H](C(=O)OC(c1cccc2ccccc12)c1cccc2ccccc12)c1ccccc1Br. The Morgan fingerprint density at radius 1 is 0.636 bits per heavy atom. The van der Waals surface area contributed by atoms with Crippen LogP contribution in [0.4, 0.5) is 0 Å². The maximum atomic E-state index is 13.5. The second kappa shape index (κ2) is 9.21. The van der Waals surface area contributed by atoms with Crippen LogP contribution in [0.3, 0.4) is 0 Å². The normalized spacial score (nSPS) is 12.2. The molecule has 5 rings (SSSR count). The highest BCUT2D eigenvalue weighted by molar-refractivity contribution is 9.10. The van der Waals surface area contributed by atoms with Gasteiger partial charge in [-0.3, -0.25) is 4.79 Å². The van der Waals surface area contributed by atoms with Crippen molar-refractivity contribution in [3.8, 4) is 0 Å². The average molecular weight is 495 g/mol. The summed E-state index contributed by atoms with van der Waals surface area (Å²) in [6.45, 7) is 1.89. The summed E-state index contributed by atoms with van der Waals surface area (Å²) < 4.78 is 7.25. The molecule has 1 atom stereocenters. The van der Waals surface area contributed by atoms with Crippen LogP contribution in [0.5, 0.6) is 0 Å². The van der Waals surface area contributed by atoms with Crippen LogP contribution in [-0.4, -0.2) is 5.97 Å². The van der Waals surface area contributed by atoms with Gasteiger partial charge in [-0.25, -0.2) is 0 Å². The Bertz CT molecular complexity index is 1370. The van der Waals surface area contributed by atoms with E-state index >= 15 is 0 Å². The number of benzene rings is 5. The molecule has 0 aromatic heterocycles. The maximum absolute atomic E-state index is 13.5. The van der Waals surface area contributed by atoms with E-state index in [0.717, 1.165) is 42.7 Å². The van der Waals surface area contributed by atoms with E-state index in [1.807, 2.05) is 67.6 Å². The van der Waals surface area contributed by atoms with E-state index in [0.29, 0.717) is 0 Å². The highest BCUT2D eigenvalue weighted by Gasteiger charge is 2.27. The highest BCUT2D eigenvalue weighted by atomic mass is 79.9. The minimum atomic E-state index is -0.528. The Labute approximate surface area is 202 Å². The van der Waals surface area contributed by atoms with Crippen LogP contribution in [0.2, 0.25) is 0 Å². The second-order valence-electron chi connectivity index (χ2n) is 8.20. The molecular formula is C30H23BrO2. The first-order valence-electron chi connectivity index (χ1n) is 11.0. The zero-order valence-electron chi connectivity index (χ0n) is 18.2. The first kappa shape index (κ1) is 21.4. The number of hydrogen-bond donors (Lipinski definition) is 0. The summed E-state index contributed by atoms with van der Waals surface area (Å²) in [7, 11) is 0. The third-order valence-corrected chi connectivity index (χ3v) is 6.89. The van der Waals surface area contributed by atoms with Crippen molar-refractivity contribution in [1.82, 2.24) is 0 Å². The van der Waals surface area contributed by atoms with Gasteiger partial charge in [-0.05, 0) is 40.1 Å². The van der Waals surface area contributed by atoms with Gasteiger partial charge < -0.3 is 4.74 Å². The lowest BCUT2D eigenvalue weighted by molar-refractivity contribution is -0.148. The van der Waals surface area contributed by atoms with Gasteiger partial charge in [0, 0.05) is 15.6 Å². The molecule has 33 heavy (non-hydrogen) atoms. The topological polar surface area (TPSA) is 26.3 Å². The fraction of sp³-hybridized carbons (Fsp3) is 0.100. The van der Waals surface area contributed by atoms with Crippen LogP contribution >= 0.6 is 15.9 Å². The first-order chi connectivity index (χ1) is 16.1. The zero-order chi connectivity index (χ0) is 22.8. The Balaban J connectivity index is 1.65. The van der Waals surface area contributed by atoms with E-state index in [2.05, 4.69) is 64.5 Å². The molecule has 0 amide bonds. The highest BCUT2D eigenvalue weighted by Crippen LogP contribution is 2.37. The first-order valence-corrected chi connectivity index (χ1v) is 11.8. The van der Waals surface area contributed by atoms with Gasteiger partial charge in [0.15, 0.2) is 6.10 Å². The van der Waals surface area contributed by atoms with Gasteiger partial charge in [0.05, 0.1) is 5.92 Å². The van der Waals surface area contributed by atoms with E-state index in [4.69, 9.17) is 4.74 Å². The zero-order valence-corrected chi connectivity index (χ0v) is 19.8. The van der Waals surface area contributed by atoms with Gasteiger partial charge in [0.1, 0.15) is 0 Å². The largest absolute Gasteiger partial charge is 0.452 e. The summed E-state index contributed by atoms with van der Waals surface area (Å²) in [5.41, 5.74) is 2.88. The maximum Gasteiger partial charge on any atom is 0.314 e. The lowest BCUT2D eigenvalue weighted by Crippen LogP contribution is -2.18. The monoisotopic (exact) mass is 494 g/mol. The minimum absolute atomic E-state index is 0.257. The number of esters is 1. The van der Waals surface area contributed by atoms with Gasteiger partial charge >= 0.3 is 5.97 Å². The molecule has 5 aromatic carbocycles. The summed E-state index contributed by atoms with van der Waals surface area (Å²) in [6.07, 6.45) is -0.528. The molecule has 0 fully saturated rings. The van der Waals surface area contributed by atoms with Crippen molar-refractivity contribution in [2.45, 2.75) is 18.9 Å². The van der Waals surface area contributed by atoms with Crippen molar-refractivity contribution in [3.05, 3.63) is 130 Å². The predicted octanol–water partition coefficient (Wildman–Crippen LogP) is 8.19. The number of hydrogen-bond acceptors (Lipinski definition) is 2. The van der Waals surface area contributed by atoms with E-state index in [1.54, 1.807) is 0 Å². The van der Waals surface area contributed by atoms with Crippen LogP contribution in [-0.2, 0) is 9.53 Å². The van der Waals surface area contributed by atoms with Crippen LogP contribution in [0.15, 0.2) is 114 Å². The fourth-order valence-electron chi connectivity index (χ4n) is 4.42. The van der Waals surface area contributed by atoms with Crippen molar-refractivity contribution in [2.75, 3.05) is 0 Å². The molecule has 2 nitrogen and oxygen atoms in total. The van der Waals surface area contributed by atoms with E-state index in [-0.39, 0.29) is 5.97 Å². The van der Waals surface area contributed by atoms with Gasteiger partial charge in [-0.1, -0.05) is 119 Å². The standard InChI is InChI=1S/C30H23BrO2/c1-20(23-14-6-7-19-28(23)31)30(32)33-29(26-17-8-12-21-10-2-4-15-24(21)26)27-18-9-13-22-11-3-5-16-25(22)27/h2-20,29H,1H3/t20-/m1/s1. The van der Waals surface area contributed by atoms with Crippen molar-refractivity contribution >= 4 is 43.4 Å². The molecule has 0 unspecified atom stereocenters. The predicted molar refractivity (Wildman–Crippen MR) is 138 cm³/mol. The molecule has 0 saturated heterocycles. The molecule has 0 N–H and O–H groups in total. The Kier molecular flexibility index (Phi) is 5.97. The van der Waals surface area contributed by atoms with Crippen molar-refractivity contribution in [3.63, 3.8) is 0 Å². The van der Waals surface area contributed by atoms with E-state index < -0.39 is 12.0 Å². The summed E-state index contributed by atoms with van der Waals surface area (Å²) in [4.78, 5) is 13.5. The van der Waals surface area contributed by atoms with Crippen LogP contribution in [0.25, 0.3) is 21.5 Å². The molecule has 0 saturated carbocycles. The van der Waals surface area contributed by atoms with E-state index in [9.17, 15) is 4.79 Å². The summed E-state index contributed by atoms with van der Waals surface area (Å²) >= 11 is 3.58. The van der Waals surface area contributed by atoms with Crippen LogP contribution < -0.4 is 0 Å². The van der Waals surface area contributed by atoms with Gasteiger partial charge in [0.2, 0.25) is 0 Å². The molecule has 0 aliphatic carbocycles. The Morgan fingerprint density at radius 2 is 1.09 bits per heavy atom. The van der Waals surface area contributed by atoms with Crippen LogP contribution in [0, 0.1) is 0 Å². The summed E-state index contributed by atoms with van der Waals surface area (Å²) in [5, 5.41) is 4.41. The molecule has 0 bridgehead atoms. The fourth-order valence-corrected chi connectivity index (χ4v) is 5.05. The molecule has 0 radical (unpaired) electrons. The number of halogens is 1. The summed E-state index contributed by atoms with van der Waals surface area (Å²) in [5.74, 6) is -0.666. The third kappa shape index (κ3) is 4.17. The average Bonchev–Trinajstić information content (AvgIpc) is 2.86. The molecule has 0 heterocycles. The van der Waals surface area contributed by atoms with Gasteiger partial charge in [-0.15, -0.1) is 0 Å². The molecule has 0 spiro atoms. The number of carbonyl (C=O) groups excluding carboxylic acids is 1. The van der Waals surface area contributed by atoms with Crippen molar-refractivity contribution in [2.24, 2.45) is 0 Å². The van der Waals surface area contributed by atoms with E-state index in [1.165, 1.54) is 0 Å². The molecule has 0 aliphatic rings. The number of fused-ring (bicyclic) bond motifs is 2. The lowest BCUT2D eigenvalue weighted by Gasteiger charge is -2.24. The van der Waals surface area contributed by atoms with Crippen LogP contribution in [0.1, 0.15) is 35.6 Å². The quantitative estimate of drug-likeness (QED) is 0.230. The third-order valence-electron chi connectivity index (χ3n) is 6.17. The number of carbonyl (C=O) groups is 1. The Hall–Kier alpha value is -3.43. The van der Waals surface area contributed by atoms with Gasteiger partial charge in [-0.2, -0.15) is 0 Å². The second-order valence-corrected chi connectivity index (χ2v) is 9.05. The molecule has 162 valence electrons. The lowest BCUT2D eigenvalue weighted by atomic mass is 9.92. The minimum Gasteiger partial charge on any atom is -0.452 e. The summed E-state index contributed by atoms with van der Waals surface area (Å²) in [6, 6.07) is 36.6. The van der Waals surface area contributed by atoms with Crippen molar-refractivity contribution < 1.29 is 9.53 Å².